The summed E-state index contributed by atoms with van der Waals surface area (Å²) in [6.45, 7) is 6.99. The van der Waals surface area contributed by atoms with Crippen molar-refractivity contribution in [3.63, 3.8) is 0 Å². The van der Waals surface area contributed by atoms with Gasteiger partial charge in [0.1, 0.15) is 5.60 Å². The fourth-order valence-corrected chi connectivity index (χ4v) is 4.12. The standard InChI is InChI=1S/C17H26N2O3S/c1-17(2,3)22-16(20)19-9-6-14(7-10-19)12-23(21)13-15-5-4-8-18-11-15/h4-5,8,11,14H,6-7,9-10,12-13H2,1-3H3. The smallest absolute Gasteiger partial charge is 0.410 e. The zero-order valence-corrected chi connectivity index (χ0v) is 15.0. The summed E-state index contributed by atoms with van der Waals surface area (Å²) >= 11 is 0. The number of carbonyl (C=O) groups excluding carboxylic acids is 1. The van der Waals surface area contributed by atoms with Crippen molar-refractivity contribution < 1.29 is 13.7 Å². The van der Waals surface area contributed by atoms with Gasteiger partial charge in [-0.05, 0) is 51.2 Å². The van der Waals surface area contributed by atoms with E-state index in [0.29, 0.717) is 30.5 Å². The number of ether oxygens (including phenoxy) is 1. The third-order valence-electron chi connectivity index (χ3n) is 3.74. The van der Waals surface area contributed by atoms with Crippen molar-refractivity contribution in [3.05, 3.63) is 30.1 Å². The van der Waals surface area contributed by atoms with Crippen LogP contribution in [0.25, 0.3) is 0 Å². The lowest BCUT2D eigenvalue weighted by Gasteiger charge is -2.33. The second-order valence-corrected chi connectivity index (χ2v) is 8.52. The Morgan fingerprint density at radius 1 is 1.39 bits per heavy atom. The van der Waals surface area contributed by atoms with Crippen LogP contribution in [0.1, 0.15) is 39.2 Å². The monoisotopic (exact) mass is 338 g/mol. The maximum atomic E-state index is 12.3. The first kappa shape index (κ1) is 17.9. The predicted octanol–water partition coefficient (Wildman–Crippen LogP) is 2.98. The topological polar surface area (TPSA) is 59.5 Å². The van der Waals surface area contributed by atoms with Gasteiger partial charge in [0.05, 0.1) is 5.75 Å². The second-order valence-electron chi connectivity index (χ2n) is 7.02. The molecule has 1 amide bonds. The minimum absolute atomic E-state index is 0.243. The summed E-state index contributed by atoms with van der Waals surface area (Å²) in [5.41, 5.74) is 0.552. The lowest BCUT2D eigenvalue weighted by molar-refractivity contribution is 0.0191. The van der Waals surface area contributed by atoms with Gasteiger partial charge < -0.3 is 9.64 Å². The van der Waals surface area contributed by atoms with Crippen molar-refractivity contribution in [1.29, 1.82) is 0 Å². The largest absolute Gasteiger partial charge is 0.444 e. The Kier molecular flexibility index (Phi) is 6.16. The van der Waals surface area contributed by atoms with E-state index in [4.69, 9.17) is 4.74 Å². The van der Waals surface area contributed by atoms with E-state index in [1.54, 1.807) is 17.3 Å². The molecule has 1 fully saturated rings. The first-order valence-electron chi connectivity index (χ1n) is 8.05. The lowest BCUT2D eigenvalue weighted by atomic mass is 9.99. The number of piperidine rings is 1. The van der Waals surface area contributed by atoms with Crippen LogP contribution in [-0.2, 0) is 21.3 Å². The Hall–Kier alpha value is -1.43. The Bertz CT molecular complexity index is 535. The molecule has 2 heterocycles. The number of aromatic nitrogens is 1. The van der Waals surface area contributed by atoms with E-state index in [0.717, 1.165) is 18.4 Å². The maximum Gasteiger partial charge on any atom is 0.410 e. The summed E-state index contributed by atoms with van der Waals surface area (Å²) in [4.78, 5) is 17.8. The summed E-state index contributed by atoms with van der Waals surface area (Å²) < 4.78 is 17.7. The molecule has 0 aromatic carbocycles. The zero-order chi connectivity index (χ0) is 16.9. The number of carbonyl (C=O) groups is 1. The van der Waals surface area contributed by atoms with Crippen LogP contribution in [0.15, 0.2) is 24.5 Å². The van der Waals surface area contributed by atoms with Crippen molar-refractivity contribution in [1.82, 2.24) is 9.88 Å². The van der Waals surface area contributed by atoms with Gasteiger partial charge in [-0.25, -0.2) is 4.79 Å². The molecule has 1 atom stereocenters. The SMILES string of the molecule is CC(C)(C)OC(=O)N1CCC(CS(=O)Cc2cccnc2)CC1. The third-order valence-corrected chi connectivity index (χ3v) is 5.24. The summed E-state index contributed by atoms with van der Waals surface area (Å²) in [7, 11) is -0.881. The molecule has 1 aliphatic heterocycles. The molecule has 0 aliphatic carbocycles. The highest BCUT2D eigenvalue weighted by Crippen LogP contribution is 2.21. The van der Waals surface area contributed by atoms with Crippen molar-refractivity contribution in [2.75, 3.05) is 18.8 Å². The van der Waals surface area contributed by atoms with Gasteiger partial charge in [-0.1, -0.05) is 6.07 Å². The molecular weight excluding hydrogens is 312 g/mol. The zero-order valence-electron chi connectivity index (χ0n) is 14.2. The molecule has 1 aliphatic rings. The van der Waals surface area contributed by atoms with E-state index >= 15 is 0 Å². The number of nitrogens with zero attached hydrogens (tertiary/aromatic N) is 2. The molecule has 0 saturated carbocycles. The van der Waals surface area contributed by atoms with E-state index < -0.39 is 16.4 Å². The molecule has 5 nitrogen and oxygen atoms in total. The number of hydrogen-bond donors (Lipinski definition) is 0. The molecule has 0 N–H and O–H groups in total. The van der Waals surface area contributed by atoms with Crippen LogP contribution >= 0.6 is 0 Å². The molecule has 6 heteroatoms. The Balaban J connectivity index is 1.74. The molecule has 1 aromatic rings. The molecule has 0 bridgehead atoms. The molecule has 1 aromatic heterocycles. The average Bonchev–Trinajstić information content (AvgIpc) is 2.47. The molecule has 0 radical (unpaired) electrons. The Labute approximate surface area is 140 Å². The molecule has 1 saturated heterocycles. The molecular formula is C17H26N2O3S. The van der Waals surface area contributed by atoms with Gasteiger partial charge in [0.2, 0.25) is 0 Å². The van der Waals surface area contributed by atoms with Crippen molar-refractivity contribution in [2.45, 2.75) is 45.0 Å². The van der Waals surface area contributed by atoms with Crippen LogP contribution < -0.4 is 0 Å². The minimum Gasteiger partial charge on any atom is -0.444 e. The van der Waals surface area contributed by atoms with Gasteiger partial charge in [-0.2, -0.15) is 0 Å². The van der Waals surface area contributed by atoms with E-state index in [9.17, 15) is 9.00 Å². The maximum absolute atomic E-state index is 12.3. The Morgan fingerprint density at radius 3 is 2.65 bits per heavy atom. The van der Waals surface area contributed by atoms with Gasteiger partial charge >= 0.3 is 6.09 Å². The van der Waals surface area contributed by atoms with E-state index in [1.807, 2.05) is 32.9 Å². The van der Waals surface area contributed by atoms with Crippen LogP contribution in [0, 0.1) is 5.92 Å². The summed E-state index contributed by atoms with van der Waals surface area (Å²) in [5.74, 6) is 1.66. The molecule has 128 valence electrons. The first-order chi connectivity index (χ1) is 10.8. The predicted molar refractivity (Wildman–Crippen MR) is 91.5 cm³/mol. The number of amides is 1. The molecule has 1 unspecified atom stereocenters. The number of pyridine rings is 1. The fourth-order valence-electron chi connectivity index (χ4n) is 2.60. The van der Waals surface area contributed by atoms with Gasteiger partial charge in [0.15, 0.2) is 0 Å². The highest BCUT2D eigenvalue weighted by molar-refractivity contribution is 7.84. The normalized spacial score (nSPS) is 17.8. The van der Waals surface area contributed by atoms with Gasteiger partial charge in [0.25, 0.3) is 0 Å². The average molecular weight is 338 g/mol. The lowest BCUT2D eigenvalue weighted by Crippen LogP contribution is -2.42. The van der Waals surface area contributed by atoms with Crippen molar-refractivity contribution in [2.24, 2.45) is 5.92 Å². The van der Waals surface area contributed by atoms with E-state index in [2.05, 4.69) is 4.98 Å². The fraction of sp³-hybridized carbons (Fsp3) is 0.647. The highest BCUT2D eigenvalue weighted by atomic mass is 32.2. The second kappa shape index (κ2) is 7.90. The van der Waals surface area contributed by atoms with Crippen LogP contribution in [0.4, 0.5) is 4.79 Å². The molecule has 23 heavy (non-hydrogen) atoms. The summed E-state index contributed by atoms with van der Waals surface area (Å²) in [5, 5.41) is 0. The third kappa shape index (κ3) is 6.29. The van der Waals surface area contributed by atoms with Gasteiger partial charge in [-0.15, -0.1) is 0 Å². The number of rotatable bonds is 4. The van der Waals surface area contributed by atoms with E-state index in [-0.39, 0.29) is 6.09 Å². The number of hydrogen-bond acceptors (Lipinski definition) is 4. The minimum atomic E-state index is -0.881. The number of likely N-dealkylation sites (tertiary alicyclic amines) is 1. The first-order valence-corrected chi connectivity index (χ1v) is 9.54. The quantitative estimate of drug-likeness (QED) is 0.847. The Morgan fingerprint density at radius 2 is 2.09 bits per heavy atom. The van der Waals surface area contributed by atoms with Crippen LogP contribution in [0.2, 0.25) is 0 Å². The highest BCUT2D eigenvalue weighted by Gasteiger charge is 2.27. The van der Waals surface area contributed by atoms with Crippen molar-refractivity contribution in [3.8, 4) is 0 Å². The van der Waals surface area contributed by atoms with Gasteiger partial charge in [-0.3, -0.25) is 9.19 Å². The van der Waals surface area contributed by atoms with Crippen molar-refractivity contribution >= 4 is 16.9 Å². The van der Waals surface area contributed by atoms with E-state index in [1.165, 1.54) is 0 Å². The van der Waals surface area contributed by atoms with Crippen LogP contribution in [0.3, 0.4) is 0 Å². The van der Waals surface area contributed by atoms with Crippen LogP contribution in [-0.4, -0.2) is 44.6 Å². The van der Waals surface area contributed by atoms with Crippen LogP contribution in [0.5, 0.6) is 0 Å². The van der Waals surface area contributed by atoms with Gasteiger partial charge in [0, 0.05) is 42.0 Å². The molecule has 2 rings (SSSR count). The molecule has 0 spiro atoms. The summed E-state index contributed by atoms with van der Waals surface area (Å²) in [6, 6.07) is 3.82. The summed E-state index contributed by atoms with van der Waals surface area (Å²) in [6.07, 6.45) is 5.02.